The molecule has 0 atom stereocenters. The first-order valence-electron chi connectivity index (χ1n) is 9.05. The molecule has 0 spiro atoms. The van der Waals surface area contributed by atoms with E-state index >= 15 is 0 Å². The summed E-state index contributed by atoms with van der Waals surface area (Å²) < 4.78 is 6.83. The van der Waals surface area contributed by atoms with Gasteiger partial charge in [0.1, 0.15) is 24.4 Å². The zero-order valence-electron chi connectivity index (χ0n) is 15.3. The van der Waals surface area contributed by atoms with Gasteiger partial charge < -0.3 is 15.0 Å². The average Bonchev–Trinajstić information content (AvgIpc) is 3.37. The molecular formula is C19H22N6O2. The number of hydrogen-bond acceptors (Lipinski definition) is 6. The minimum absolute atomic E-state index is 0.115. The van der Waals surface area contributed by atoms with Gasteiger partial charge in [0, 0.05) is 19.6 Å². The largest absolute Gasteiger partial charge is 0.497 e. The number of benzene rings is 1. The number of nitrogens with zero attached hydrogens (tertiary/aromatic N) is 5. The summed E-state index contributed by atoms with van der Waals surface area (Å²) in [5.74, 6) is 1.55. The van der Waals surface area contributed by atoms with Crippen molar-refractivity contribution in [2.45, 2.75) is 25.9 Å². The number of carbonyl (C=O) groups excluding carboxylic acids is 1. The van der Waals surface area contributed by atoms with Crippen LogP contribution >= 0.6 is 0 Å². The Morgan fingerprint density at radius 3 is 2.93 bits per heavy atom. The molecule has 27 heavy (non-hydrogen) atoms. The lowest BCUT2D eigenvalue weighted by molar-refractivity contribution is -0.121. The van der Waals surface area contributed by atoms with Crippen LogP contribution in [0.3, 0.4) is 0 Å². The van der Waals surface area contributed by atoms with Crippen LogP contribution in [0.2, 0.25) is 0 Å². The van der Waals surface area contributed by atoms with Crippen molar-refractivity contribution in [3.63, 3.8) is 0 Å². The molecule has 0 radical (unpaired) electrons. The molecule has 1 saturated heterocycles. The van der Waals surface area contributed by atoms with E-state index in [1.807, 2.05) is 24.3 Å². The van der Waals surface area contributed by atoms with Crippen molar-refractivity contribution in [1.29, 1.82) is 0 Å². The maximum Gasteiger partial charge on any atom is 0.242 e. The number of anilines is 1. The van der Waals surface area contributed by atoms with Gasteiger partial charge in [-0.25, -0.2) is 14.6 Å². The maximum atomic E-state index is 12.4. The van der Waals surface area contributed by atoms with Gasteiger partial charge in [-0.1, -0.05) is 12.1 Å². The van der Waals surface area contributed by atoms with Gasteiger partial charge in [0.25, 0.3) is 0 Å². The Bertz CT molecular complexity index is 948. The predicted molar refractivity (Wildman–Crippen MR) is 102 cm³/mol. The summed E-state index contributed by atoms with van der Waals surface area (Å²) in [6.07, 6.45) is 5.64. The zero-order valence-corrected chi connectivity index (χ0v) is 15.3. The van der Waals surface area contributed by atoms with Crippen LogP contribution in [0.25, 0.3) is 11.0 Å². The lowest BCUT2D eigenvalue weighted by Crippen LogP contribution is -2.27. The van der Waals surface area contributed by atoms with Gasteiger partial charge in [-0.3, -0.25) is 4.79 Å². The van der Waals surface area contributed by atoms with Crippen LogP contribution in [-0.2, 0) is 17.9 Å². The minimum Gasteiger partial charge on any atom is -0.497 e. The molecular weight excluding hydrogens is 344 g/mol. The topological polar surface area (TPSA) is 85.2 Å². The quantitative estimate of drug-likeness (QED) is 0.715. The third-order valence-electron chi connectivity index (χ3n) is 4.74. The third kappa shape index (κ3) is 3.69. The van der Waals surface area contributed by atoms with Crippen LogP contribution in [-0.4, -0.2) is 45.9 Å². The molecule has 0 saturated carbocycles. The van der Waals surface area contributed by atoms with E-state index in [4.69, 9.17) is 4.74 Å². The van der Waals surface area contributed by atoms with Crippen LogP contribution < -0.4 is 15.0 Å². The van der Waals surface area contributed by atoms with Crippen molar-refractivity contribution in [2.75, 3.05) is 25.1 Å². The SMILES string of the molecule is COc1cccc(CNC(=O)Cn2ncc3c(N4CCCC4)ncnc32)c1. The van der Waals surface area contributed by atoms with Crippen LogP contribution in [0.5, 0.6) is 5.75 Å². The number of rotatable bonds is 6. The molecule has 0 unspecified atom stereocenters. The second-order valence-electron chi connectivity index (χ2n) is 6.56. The van der Waals surface area contributed by atoms with E-state index in [1.165, 1.54) is 12.8 Å². The highest BCUT2D eigenvalue weighted by molar-refractivity contribution is 5.88. The summed E-state index contributed by atoms with van der Waals surface area (Å²) in [5, 5.41) is 8.16. The van der Waals surface area contributed by atoms with E-state index in [1.54, 1.807) is 24.3 Å². The number of nitrogens with one attached hydrogen (secondary N) is 1. The Morgan fingerprint density at radius 1 is 1.26 bits per heavy atom. The predicted octanol–water partition coefficient (Wildman–Crippen LogP) is 1.75. The highest BCUT2D eigenvalue weighted by atomic mass is 16.5. The molecule has 0 bridgehead atoms. The van der Waals surface area contributed by atoms with E-state index in [9.17, 15) is 4.79 Å². The molecule has 3 heterocycles. The maximum absolute atomic E-state index is 12.4. The van der Waals surface area contributed by atoms with Crippen molar-refractivity contribution in [2.24, 2.45) is 0 Å². The Morgan fingerprint density at radius 2 is 2.11 bits per heavy atom. The molecule has 8 heteroatoms. The van der Waals surface area contributed by atoms with Crippen LogP contribution in [0.15, 0.2) is 36.8 Å². The van der Waals surface area contributed by atoms with Crippen molar-refractivity contribution >= 4 is 22.8 Å². The number of methoxy groups -OCH3 is 1. The summed E-state index contributed by atoms with van der Waals surface area (Å²) in [6.45, 7) is 2.55. The summed E-state index contributed by atoms with van der Waals surface area (Å²) in [7, 11) is 1.62. The van der Waals surface area contributed by atoms with Gasteiger partial charge in [0.2, 0.25) is 5.91 Å². The second-order valence-corrected chi connectivity index (χ2v) is 6.56. The van der Waals surface area contributed by atoms with Gasteiger partial charge in [0.15, 0.2) is 5.65 Å². The number of amides is 1. The molecule has 1 N–H and O–H groups in total. The molecule has 8 nitrogen and oxygen atoms in total. The van der Waals surface area contributed by atoms with E-state index in [0.29, 0.717) is 12.2 Å². The first-order chi connectivity index (χ1) is 13.2. The molecule has 140 valence electrons. The van der Waals surface area contributed by atoms with Crippen LogP contribution in [0.1, 0.15) is 18.4 Å². The Kier molecular flexibility index (Phi) is 4.86. The normalized spacial score (nSPS) is 13.9. The van der Waals surface area contributed by atoms with Crippen LogP contribution in [0, 0.1) is 0 Å². The fourth-order valence-electron chi connectivity index (χ4n) is 3.35. The highest BCUT2D eigenvalue weighted by Gasteiger charge is 2.19. The van der Waals surface area contributed by atoms with Gasteiger partial charge in [0.05, 0.1) is 18.7 Å². The number of hydrogen-bond donors (Lipinski definition) is 1. The van der Waals surface area contributed by atoms with E-state index < -0.39 is 0 Å². The lowest BCUT2D eigenvalue weighted by Gasteiger charge is -2.16. The molecule has 0 aliphatic carbocycles. The molecule has 1 fully saturated rings. The minimum atomic E-state index is -0.121. The molecule has 1 aliphatic heterocycles. The van der Waals surface area contributed by atoms with Crippen molar-refractivity contribution in [3.8, 4) is 5.75 Å². The highest BCUT2D eigenvalue weighted by Crippen LogP contribution is 2.25. The van der Waals surface area contributed by atoms with Gasteiger partial charge in [-0.15, -0.1) is 0 Å². The fourth-order valence-corrected chi connectivity index (χ4v) is 3.35. The molecule has 1 aromatic carbocycles. The number of fused-ring (bicyclic) bond motifs is 1. The summed E-state index contributed by atoms with van der Waals surface area (Å²) in [4.78, 5) is 23.4. The fraction of sp³-hybridized carbons (Fsp3) is 0.368. The summed E-state index contributed by atoms with van der Waals surface area (Å²) in [6, 6.07) is 7.62. The van der Waals surface area contributed by atoms with Gasteiger partial charge >= 0.3 is 0 Å². The van der Waals surface area contributed by atoms with E-state index in [-0.39, 0.29) is 12.5 Å². The summed E-state index contributed by atoms with van der Waals surface area (Å²) in [5.41, 5.74) is 1.66. The smallest absolute Gasteiger partial charge is 0.242 e. The number of ether oxygens (including phenoxy) is 1. The van der Waals surface area contributed by atoms with E-state index in [2.05, 4.69) is 25.3 Å². The summed E-state index contributed by atoms with van der Waals surface area (Å²) >= 11 is 0. The molecule has 2 aromatic heterocycles. The number of carbonyl (C=O) groups is 1. The third-order valence-corrected chi connectivity index (χ3v) is 4.74. The van der Waals surface area contributed by atoms with Gasteiger partial charge in [-0.2, -0.15) is 5.10 Å². The van der Waals surface area contributed by atoms with Crippen LogP contribution in [0.4, 0.5) is 5.82 Å². The molecule has 4 rings (SSSR count). The van der Waals surface area contributed by atoms with Gasteiger partial charge in [-0.05, 0) is 30.5 Å². The Balaban J connectivity index is 1.45. The standard InChI is InChI=1S/C19H22N6O2/c1-27-15-6-4-5-14(9-15)10-20-17(26)12-25-19-16(11-23-25)18(21-13-22-19)24-7-2-3-8-24/h4-6,9,11,13H,2-3,7-8,10,12H2,1H3,(H,20,26). The zero-order chi connectivity index (χ0) is 18.6. The second kappa shape index (κ2) is 7.61. The average molecular weight is 366 g/mol. The number of aromatic nitrogens is 4. The monoisotopic (exact) mass is 366 g/mol. The van der Waals surface area contributed by atoms with Crippen molar-refractivity contribution < 1.29 is 9.53 Å². The Hall–Kier alpha value is -3.16. The van der Waals surface area contributed by atoms with E-state index in [0.717, 1.165) is 35.6 Å². The van der Waals surface area contributed by atoms with Crippen molar-refractivity contribution in [3.05, 3.63) is 42.4 Å². The van der Waals surface area contributed by atoms with Crippen molar-refractivity contribution in [1.82, 2.24) is 25.1 Å². The Labute approximate surface area is 157 Å². The molecule has 3 aromatic rings. The lowest BCUT2D eigenvalue weighted by atomic mass is 10.2. The first-order valence-corrected chi connectivity index (χ1v) is 9.05. The molecule has 1 amide bonds. The first kappa shape index (κ1) is 17.3. The molecule has 1 aliphatic rings.